The molecule has 1 heterocycles. The van der Waals surface area contributed by atoms with Crippen LogP contribution in [0.4, 0.5) is 0 Å². The van der Waals surface area contributed by atoms with Crippen LogP contribution in [0.3, 0.4) is 0 Å². The van der Waals surface area contributed by atoms with E-state index in [0.29, 0.717) is 5.49 Å². The fraction of sp³-hybridized carbons (Fsp3) is 0.167. The molecule has 0 aliphatic carbocycles. The quantitative estimate of drug-likeness (QED) is 0.468. The molecule has 3 N–H and O–H groups in total. The first-order valence-electron chi connectivity index (χ1n) is 2.70. The van der Waals surface area contributed by atoms with Gasteiger partial charge in [0.2, 0.25) is 0 Å². The van der Waals surface area contributed by atoms with Crippen molar-refractivity contribution in [2.24, 2.45) is 0 Å². The van der Waals surface area contributed by atoms with E-state index >= 15 is 0 Å². The van der Waals surface area contributed by atoms with Gasteiger partial charge in [0.1, 0.15) is 5.49 Å². The third-order valence-corrected chi connectivity index (χ3v) is 1.23. The third-order valence-electron chi connectivity index (χ3n) is 1.23. The summed E-state index contributed by atoms with van der Waals surface area (Å²) in [5, 5.41) is 7.20. The standard InChI is InChI=1S/C6H9N3/c1-5-3-2-4-6(7)9(5)8/h2-4,7H,8H2,1H3. The van der Waals surface area contributed by atoms with E-state index < -0.39 is 0 Å². The Morgan fingerprint density at radius 2 is 2.22 bits per heavy atom. The van der Waals surface area contributed by atoms with Gasteiger partial charge in [0.25, 0.3) is 0 Å². The van der Waals surface area contributed by atoms with Crippen molar-refractivity contribution in [3.8, 4) is 0 Å². The van der Waals surface area contributed by atoms with E-state index in [4.69, 9.17) is 11.3 Å². The normalized spacial score (nSPS) is 9.44. The van der Waals surface area contributed by atoms with Crippen LogP contribution in [-0.2, 0) is 0 Å². The first kappa shape index (κ1) is 5.88. The van der Waals surface area contributed by atoms with Crippen LogP contribution in [0.1, 0.15) is 5.69 Å². The minimum atomic E-state index is 0.329. The van der Waals surface area contributed by atoms with Gasteiger partial charge in [0, 0.05) is 5.69 Å². The van der Waals surface area contributed by atoms with Crippen molar-refractivity contribution in [2.45, 2.75) is 6.92 Å². The van der Waals surface area contributed by atoms with Crippen LogP contribution in [0.15, 0.2) is 18.2 Å². The van der Waals surface area contributed by atoms with Gasteiger partial charge < -0.3 is 5.84 Å². The molecule has 48 valence electrons. The minimum absolute atomic E-state index is 0.329. The first-order valence-corrected chi connectivity index (χ1v) is 2.70. The van der Waals surface area contributed by atoms with Gasteiger partial charge in [-0.15, -0.1) is 0 Å². The molecule has 9 heavy (non-hydrogen) atoms. The summed E-state index contributed by atoms with van der Waals surface area (Å²) < 4.78 is 1.33. The van der Waals surface area contributed by atoms with Gasteiger partial charge in [-0.05, 0) is 19.1 Å². The fourth-order valence-electron chi connectivity index (χ4n) is 0.629. The average Bonchev–Trinajstić information content (AvgIpc) is 1.83. The predicted octanol–water partition coefficient (Wildman–Crippen LogP) is -0.0102. The van der Waals surface area contributed by atoms with Crippen molar-refractivity contribution in [3.63, 3.8) is 0 Å². The summed E-state index contributed by atoms with van der Waals surface area (Å²) in [5.41, 5.74) is 1.22. The number of pyridine rings is 1. The van der Waals surface area contributed by atoms with Gasteiger partial charge in [-0.25, -0.2) is 4.68 Å². The second-order valence-corrected chi connectivity index (χ2v) is 1.92. The molecule has 0 unspecified atom stereocenters. The molecule has 1 aromatic heterocycles. The third kappa shape index (κ3) is 0.937. The molecule has 0 amide bonds. The second kappa shape index (κ2) is 1.93. The zero-order chi connectivity index (χ0) is 6.85. The van der Waals surface area contributed by atoms with Gasteiger partial charge >= 0.3 is 0 Å². The van der Waals surface area contributed by atoms with Crippen molar-refractivity contribution in [2.75, 3.05) is 5.84 Å². The SMILES string of the molecule is Cc1cccc(=N)n1N. The topological polar surface area (TPSA) is 54.8 Å². The molecule has 0 atom stereocenters. The number of nitrogens with two attached hydrogens (primary N) is 1. The molecule has 0 saturated carbocycles. The maximum atomic E-state index is 7.20. The Morgan fingerprint density at radius 1 is 1.56 bits per heavy atom. The smallest absolute Gasteiger partial charge is 0.143 e. The van der Waals surface area contributed by atoms with E-state index in [9.17, 15) is 0 Å². The highest BCUT2D eigenvalue weighted by Crippen LogP contribution is 1.85. The number of aromatic nitrogens is 1. The second-order valence-electron chi connectivity index (χ2n) is 1.92. The van der Waals surface area contributed by atoms with Crippen molar-refractivity contribution < 1.29 is 0 Å². The summed E-state index contributed by atoms with van der Waals surface area (Å²) in [7, 11) is 0. The summed E-state index contributed by atoms with van der Waals surface area (Å²) in [6.07, 6.45) is 0. The Balaban J connectivity index is 3.43. The lowest BCUT2D eigenvalue weighted by Crippen LogP contribution is -2.27. The molecule has 1 aromatic rings. The molecule has 0 fully saturated rings. The molecular formula is C6H9N3. The molecule has 0 aliphatic rings. The summed E-state index contributed by atoms with van der Waals surface area (Å²) >= 11 is 0. The molecule has 0 aromatic carbocycles. The van der Waals surface area contributed by atoms with Crippen molar-refractivity contribution in [1.82, 2.24) is 4.68 Å². The van der Waals surface area contributed by atoms with Gasteiger partial charge in [-0.2, -0.15) is 0 Å². The monoisotopic (exact) mass is 123 g/mol. The zero-order valence-electron chi connectivity index (χ0n) is 5.26. The summed E-state index contributed by atoms with van der Waals surface area (Å²) in [6, 6.07) is 5.31. The highest BCUT2D eigenvalue weighted by atomic mass is 15.3. The molecule has 0 saturated heterocycles. The number of nitrogens with zero attached hydrogens (tertiary/aromatic N) is 1. The lowest BCUT2D eigenvalue weighted by molar-refractivity contribution is 0.841. The zero-order valence-corrected chi connectivity index (χ0v) is 5.26. The molecular weight excluding hydrogens is 114 g/mol. The van der Waals surface area contributed by atoms with Crippen LogP contribution in [0, 0.1) is 12.3 Å². The lowest BCUT2D eigenvalue weighted by atomic mass is 10.4. The van der Waals surface area contributed by atoms with Gasteiger partial charge in [0.15, 0.2) is 0 Å². The Hall–Kier alpha value is -1.25. The van der Waals surface area contributed by atoms with Crippen LogP contribution in [0.5, 0.6) is 0 Å². The summed E-state index contributed by atoms with van der Waals surface area (Å²) in [6.45, 7) is 1.86. The number of nitrogen functional groups attached to an aromatic ring is 1. The Bertz CT molecular complexity index is 261. The highest BCUT2D eigenvalue weighted by molar-refractivity contribution is 5.02. The van der Waals surface area contributed by atoms with Crippen LogP contribution in [-0.4, -0.2) is 4.68 Å². The fourth-order valence-corrected chi connectivity index (χ4v) is 0.629. The first-order chi connectivity index (χ1) is 4.22. The summed E-state index contributed by atoms with van der Waals surface area (Å²) in [5.74, 6) is 5.41. The summed E-state index contributed by atoms with van der Waals surface area (Å²) in [4.78, 5) is 0. The number of hydrogen-bond acceptors (Lipinski definition) is 2. The predicted molar refractivity (Wildman–Crippen MR) is 35.2 cm³/mol. The minimum Gasteiger partial charge on any atom is -0.338 e. The van der Waals surface area contributed by atoms with Gasteiger partial charge in [0.05, 0.1) is 0 Å². The number of aryl methyl sites for hydroxylation is 1. The average molecular weight is 123 g/mol. The van der Waals surface area contributed by atoms with Crippen LogP contribution in [0.25, 0.3) is 0 Å². The molecule has 3 nitrogen and oxygen atoms in total. The van der Waals surface area contributed by atoms with E-state index in [-0.39, 0.29) is 0 Å². The van der Waals surface area contributed by atoms with E-state index in [1.54, 1.807) is 12.1 Å². The Labute approximate surface area is 53.2 Å². The van der Waals surface area contributed by atoms with Gasteiger partial charge in [-0.3, -0.25) is 5.41 Å². The maximum Gasteiger partial charge on any atom is 0.143 e. The molecule has 3 heteroatoms. The maximum absolute atomic E-state index is 7.20. The van der Waals surface area contributed by atoms with E-state index in [2.05, 4.69) is 0 Å². The Kier molecular flexibility index (Phi) is 1.26. The van der Waals surface area contributed by atoms with Crippen molar-refractivity contribution in [3.05, 3.63) is 29.4 Å². The molecule has 0 spiro atoms. The van der Waals surface area contributed by atoms with Crippen LogP contribution in [0.2, 0.25) is 0 Å². The number of nitrogens with one attached hydrogen (secondary N) is 1. The molecule has 0 bridgehead atoms. The van der Waals surface area contributed by atoms with Crippen LogP contribution < -0.4 is 11.3 Å². The van der Waals surface area contributed by atoms with Crippen molar-refractivity contribution >= 4 is 0 Å². The van der Waals surface area contributed by atoms with Gasteiger partial charge in [-0.1, -0.05) is 6.07 Å². The lowest BCUT2D eigenvalue weighted by Gasteiger charge is -2.00. The largest absolute Gasteiger partial charge is 0.338 e. The number of rotatable bonds is 0. The number of hydrogen-bond donors (Lipinski definition) is 2. The molecule has 0 aliphatic heterocycles. The Morgan fingerprint density at radius 3 is 2.67 bits per heavy atom. The van der Waals surface area contributed by atoms with E-state index in [1.165, 1.54) is 4.68 Å². The van der Waals surface area contributed by atoms with E-state index in [0.717, 1.165) is 5.69 Å². The molecule has 0 radical (unpaired) electrons. The highest BCUT2D eigenvalue weighted by Gasteiger charge is 1.86. The van der Waals surface area contributed by atoms with Crippen molar-refractivity contribution in [1.29, 1.82) is 5.41 Å². The molecule has 1 rings (SSSR count). The van der Waals surface area contributed by atoms with E-state index in [1.807, 2.05) is 13.0 Å². The van der Waals surface area contributed by atoms with Crippen LogP contribution >= 0.6 is 0 Å².